The molecular weight excluding hydrogens is 254 g/mol. The van der Waals surface area contributed by atoms with E-state index in [0.717, 1.165) is 31.7 Å². The molecule has 4 heteroatoms. The van der Waals surface area contributed by atoms with Gasteiger partial charge in [0.05, 0.1) is 33.0 Å². The predicted molar refractivity (Wildman–Crippen MR) is 79.3 cm³/mol. The fraction of sp³-hybridized carbons (Fsp3) is 0.625. The number of nitrogens with one attached hydrogen (secondary N) is 1. The van der Waals surface area contributed by atoms with Gasteiger partial charge in [0.15, 0.2) is 0 Å². The third-order valence-electron chi connectivity index (χ3n) is 3.60. The zero-order chi connectivity index (χ0) is 14.2. The average Bonchev–Trinajstić information content (AvgIpc) is 2.52. The zero-order valence-corrected chi connectivity index (χ0v) is 12.4. The first kappa shape index (κ1) is 15.3. The van der Waals surface area contributed by atoms with E-state index in [0.29, 0.717) is 19.3 Å². The highest BCUT2D eigenvalue weighted by Gasteiger charge is 2.14. The summed E-state index contributed by atoms with van der Waals surface area (Å²) in [6, 6.07) is 8.76. The maximum Gasteiger partial charge on any atom is 0.118 e. The third kappa shape index (κ3) is 5.12. The summed E-state index contributed by atoms with van der Waals surface area (Å²) in [7, 11) is 1.69. The zero-order valence-electron chi connectivity index (χ0n) is 12.4. The Labute approximate surface area is 121 Å². The van der Waals surface area contributed by atoms with Gasteiger partial charge in [-0.2, -0.15) is 0 Å². The molecule has 20 heavy (non-hydrogen) atoms. The molecular formula is C16H25NO3. The normalized spacial score (nSPS) is 20.6. The molecule has 0 aromatic heterocycles. The van der Waals surface area contributed by atoms with Gasteiger partial charge in [-0.15, -0.1) is 0 Å². The molecule has 2 atom stereocenters. The summed E-state index contributed by atoms with van der Waals surface area (Å²) >= 11 is 0. The van der Waals surface area contributed by atoms with E-state index in [2.05, 4.69) is 24.4 Å². The summed E-state index contributed by atoms with van der Waals surface area (Å²) in [5.74, 6) is 0.911. The molecule has 0 bridgehead atoms. The van der Waals surface area contributed by atoms with E-state index in [4.69, 9.17) is 14.2 Å². The highest BCUT2D eigenvalue weighted by atomic mass is 16.6. The standard InChI is InChI=1S/C16H25NO3/c1-13(17-11-16-12-19-9-10-20-16)3-4-14-5-7-15(18-2)8-6-14/h5-8,13,16-17H,3-4,9-12H2,1-2H3. The topological polar surface area (TPSA) is 39.7 Å². The van der Waals surface area contributed by atoms with Crippen LogP contribution >= 0.6 is 0 Å². The Morgan fingerprint density at radius 2 is 2.10 bits per heavy atom. The van der Waals surface area contributed by atoms with Crippen LogP contribution in [0.4, 0.5) is 0 Å². The summed E-state index contributed by atoms with van der Waals surface area (Å²) in [6.07, 6.45) is 2.38. The first-order valence-corrected chi connectivity index (χ1v) is 7.33. The van der Waals surface area contributed by atoms with Crippen LogP contribution in [0.3, 0.4) is 0 Å². The fourth-order valence-corrected chi connectivity index (χ4v) is 2.26. The number of methoxy groups -OCH3 is 1. The molecule has 0 spiro atoms. The van der Waals surface area contributed by atoms with Gasteiger partial charge in [0.25, 0.3) is 0 Å². The van der Waals surface area contributed by atoms with Crippen LogP contribution in [0, 0.1) is 0 Å². The van der Waals surface area contributed by atoms with E-state index in [-0.39, 0.29) is 6.10 Å². The number of rotatable bonds is 7. The Morgan fingerprint density at radius 3 is 2.75 bits per heavy atom. The second-order valence-electron chi connectivity index (χ2n) is 5.26. The molecule has 1 saturated heterocycles. The lowest BCUT2D eigenvalue weighted by Crippen LogP contribution is -2.40. The lowest BCUT2D eigenvalue weighted by atomic mass is 10.1. The molecule has 2 unspecified atom stereocenters. The smallest absolute Gasteiger partial charge is 0.118 e. The van der Waals surface area contributed by atoms with Gasteiger partial charge in [-0.25, -0.2) is 0 Å². The minimum Gasteiger partial charge on any atom is -0.497 e. The van der Waals surface area contributed by atoms with Crippen LogP contribution < -0.4 is 10.1 Å². The maximum absolute atomic E-state index is 5.62. The molecule has 0 amide bonds. The number of hydrogen-bond acceptors (Lipinski definition) is 4. The molecule has 1 aliphatic rings. The van der Waals surface area contributed by atoms with E-state index in [1.807, 2.05) is 12.1 Å². The molecule has 1 aromatic rings. The van der Waals surface area contributed by atoms with Crippen molar-refractivity contribution in [2.45, 2.75) is 31.9 Å². The van der Waals surface area contributed by atoms with Crippen molar-refractivity contribution in [3.63, 3.8) is 0 Å². The van der Waals surface area contributed by atoms with Gasteiger partial charge in [0.1, 0.15) is 5.75 Å². The van der Waals surface area contributed by atoms with E-state index in [1.54, 1.807) is 7.11 Å². The molecule has 1 fully saturated rings. The molecule has 2 rings (SSSR count). The Kier molecular flexibility index (Phi) is 6.30. The highest BCUT2D eigenvalue weighted by molar-refractivity contribution is 5.27. The van der Waals surface area contributed by atoms with E-state index >= 15 is 0 Å². The highest BCUT2D eigenvalue weighted by Crippen LogP contribution is 2.13. The molecule has 1 heterocycles. The SMILES string of the molecule is COc1ccc(CCC(C)NCC2COCCO2)cc1. The minimum absolute atomic E-state index is 0.201. The van der Waals surface area contributed by atoms with Crippen molar-refractivity contribution in [3.8, 4) is 5.75 Å². The van der Waals surface area contributed by atoms with Crippen LogP contribution in [0.2, 0.25) is 0 Å². The van der Waals surface area contributed by atoms with Crippen LogP contribution in [0.25, 0.3) is 0 Å². The molecule has 0 saturated carbocycles. The Morgan fingerprint density at radius 1 is 1.30 bits per heavy atom. The predicted octanol–water partition coefficient (Wildman–Crippen LogP) is 2.02. The molecule has 1 aromatic carbocycles. The molecule has 1 N–H and O–H groups in total. The third-order valence-corrected chi connectivity index (χ3v) is 3.60. The monoisotopic (exact) mass is 279 g/mol. The summed E-state index contributed by atoms with van der Waals surface area (Å²) in [5, 5.41) is 3.52. The lowest BCUT2D eigenvalue weighted by molar-refractivity contribution is -0.0869. The molecule has 0 radical (unpaired) electrons. The summed E-state index contributed by atoms with van der Waals surface area (Å²) in [6.45, 7) is 5.23. The molecule has 1 aliphatic heterocycles. The quantitative estimate of drug-likeness (QED) is 0.829. The van der Waals surface area contributed by atoms with Crippen molar-refractivity contribution >= 4 is 0 Å². The van der Waals surface area contributed by atoms with Crippen LogP contribution in [0.1, 0.15) is 18.9 Å². The van der Waals surface area contributed by atoms with Gasteiger partial charge >= 0.3 is 0 Å². The second-order valence-corrected chi connectivity index (χ2v) is 5.26. The van der Waals surface area contributed by atoms with Crippen LogP contribution in [-0.4, -0.2) is 45.6 Å². The van der Waals surface area contributed by atoms with Gasteiger partial charge in [0.2, 0.25) is 0 Å². The van der Waals surface area contributed by atoms with Crippen LogP contribution in [-0.2, 0) is 15.9 Å². The van der Waals surface area contributed by atoms with Gasteiger partial charge in [0, 0.05) is 12.6 Å². The van der Waals surface area contributed by atoms with Crippen molar-refractivity contribution in [3.05, 3.63) is 29.8 Å². The second kappa shape index (κ2) is 8.25. The lowest BCUT2D eigenvalue weighted by Gasteiger charge is -2.25. The van der Waals surface area contributed by atoms with Crippen LogP contribution in [0.15, 0.2) is 24.3 Å². The van der Waals surface area contributed by atoms with Crippen molar-refractivity contribution < 1.29 is 14.2 Å². The fourth-order valence-electron chi connectivity index (χ4n) is 2.26. The largest absolute Gasteiger partial charge is 0.497 e. The minimum atomic E-state index is 0.201. The summed E-state index contributed by atoms with van der Waals surface area (Å²) < 4.78 is 16.2. The van der Waals surface area contributed by atoms with E-state index in [9.17, 15) is 0 Å². The summed E-state index contributed by atoms with van der Waals surface area (Å²) in [5.41, 5.74) is 1.34. The first-order valence-electron chi connectivity index (χ1n) is 7.33. The van der Waals surface area contributed by atoms with E-state index < -0.39 is 0 Å². The molecule has 112 valence electrons. The average molecular weight is 279 g/mol. The van der Waals surface area contributed by atoms with Crippen molar-refractivity contribution in [2.24, 2.45) is 0 Å². The van der Waals surface area contributed by atoms with E-state index in [1.165, 1.54) is 5.56 Å². The molecule has 0 aliphatic carbocycles. The Hall–Kier alpha value is -1.10. The first-order chi connectivity index (χ1) is 9.78. The number of hydrogen-bond donors (Lipinski definition) is 1. The van der Waals surface area contributed by atoms with Gasteiger partial charge in [-0.1, -0.05) is 12.1 Å². The summed E-state index contributed by atoms with van der Waals surface area (Å²) in [4.78, 5) is 0. The Balaban J connectivity index is 1.64. The van der Waals surface area contributed by atoms with Gasteiger partial charge in [-0.3, -0.25) is 0 Å². The van der Waals surface area contributed by atoms with Crippen molar-refractivity contribution in [1.29, 1.82) is 0 Å². The Bertz CT molecular complexity index is 374. The number of ether oxygens (including phenoxy) is 3. The van der Waals surface area contributed by atoms with Gasteiger partial charge in [-0.05, 0) is 37.5 Å². The van der Waals surface area contributed by atoms with Gasteiger partial charge < -0.3 is 19.5 Å². The maximum atomic E-state index is 5.62. The number of aryl methyl sites for hydroxylation is 1. The van der Waals surface area contributed by atoms with Crippen LogP contribution in [0.5, 0.6) is 5.75 Å². The van der Waals surface area contributed by atoms with Crippen molar-refractivity contribution in [2.75, 3.05) is 33.5 Å². The molecule has 4 nitrogen and oxygen atoms in total. The van der Waals surface area contributed by atoms with Crippen molar-refractivity contribution in [1.82, 2.24) is 5.32 Å². The number of benzene rings is 1.